The first kappa shape index (κ1) is 32.5. The molecule has 7 nitrogen and oxygen atoms in total. The summed E-state index contributed by atoms with van der Waals surface area (Å²) in [6.07, 6.45) is 1.16. The Kier molecular flexibility index (Phi) is 32.2. The number of carbonyl (C=O) groups excluding carboxylic acids is 1. The van der Waals surface area contributed by atoms with E-state index in [1.807, 2.05) is 49.3 Å². The number of esters is 1. The highest BCUT2D eigenvalue weighted by Crippen LogP contribution is 2.00. The van der Waals surface area contributed by atoms with E-state index in [0.717, 1.165) is 12.6 Å². The molecule has 22 heavy (non-hydrogen) atoms. The van der Waals surface area contributed by atoms with Gasteiger partial charge in [-0.1, -0.05) is 36.9 Å². The Balaban J connectivity index is -0.0000000749. The number of rotatable bonds is 5. The predicted molar refractivity (Wildman–Crippen MR) is 90.2 cm³/mol. The third kappa shape index (κ3) is 20.8. The Hall–Kier alpha value is -1.48. The SMILES string of the molecule is C=CC(=O)OCCN(C)C.ClCc1ccccc1.O.O.O.O. The first-order chi connectivity index (χ1) is 8.60. The summed E-state index contributed by atoms with van der Waals surface area (Å²) < 4.78 is 4.70. The second kappa shape index (κ2) is 21.8. The Morgan fingerprint density at radius 1 is 1.18 bits per heavy atom. The zero-order valence-electron chi connectivity index (χ0n) is 12.9. The largest absolute Gasteiger partial charge is 0.461 e. The van der Waals surface area contributed by atoms with Crippen molar-refractivity contribution < 1.29 is 31.4 Å². The van der Waals surface area contributed by atoms with Crippen LogP contribution in [-0.2, 0) is 15.4 Å². The minimum atomic E-state index is -0.359. The highest BCUT2D eigenvalue weighted by molar-refractivity contribution is 6.17. The van der Waals surface area contributed by atoms with Gasteiger partial charge in [0.1, 0.15) is 6.61 Å². The van der Waals surface area contributed by atoms with Crippen LogP contribution < -0.4 is 0 Å². The Morgan fingerprint density at radius 3 is 2.00 bits per heavy atom. The molecule has 0 radical (unpaired) electrons. The summed E-state index contributed by atoms with van der Waals surface area (Å²) in [5, 5.41) is 0. The molecule has 0 amide bonds. The molecular weight excluding hydrogens is 314 g/mol. The van der Waals surface area contributed by atoms with Crippen LogP contribution in [0, 0.1) is 0 Å². The summed E-state index contributed by atoms with van der Waals surface area (Å²) in [5.41, 5.74) is 1.18. The number of halogens is 1. The van der Waals surface area contributed by atoms with Gasteiger partial charge in [0, 0.05) is 18.5 Å². The molecule has 1 aromatic carbocycles. The average Bonchev–Trinajstić information content (AvgIpc) is 2.39. The molecule has 0 spiro atoms. The van der Waals surface area contributed by atoms with Crippen molar-refractivity contribution in [1.29, 1.82) is 0 Å². The Labute approximate surface area is 136 Å². The van der Waals surface area contributed by atoms with Gasteiger partial charge >= 0.3 is 5.97 Å². The van der Waals surface area contributed by atoms with E-state index in [1.165, 1.54) is 5.56 Å². The van der Waals surface area contributed by atoms with Crippen LogP contribution in [0.5, 0.6) is 0 Å². The van der Waals surface area contributed by atoms with Gasteiger partial charge < -0.3 is 31.5 Å². The number of likely N-dealkylation sites (N-methyl/N-ethyl adjacent to an activating group) is 1. The molecule has 0 aliphatic rings. The van der Waals surface area contributed by atoms with Gasteiger partial charge in [0.25, 0.3) is 0 Å². The maximum absolute atomic E-state index is 10.4. The zero-order valence-corrected chi connectivity index (χ0v) is 13.7. The highest BCUT2D eigenvalue weighted by atomic mass is 35.5. The molecule has 8 N–H and O–H groups in total. The van der Waals surface area contributed by atoms with E-state index in [0.29, 0.717) is 12.5 Å². The minimum Gasteiger partial charge on any atom is -0.461 e. The molecule has 0 aliphatic heterocycles. The second-order valence-electron chi connectivity index (χ2n) is 3.79. The van der Waals surface area contributed by atoms with E-state index in [1.54, 1.807) is 0 Å². The lowest BCUT2D eigenvalue weighted by atomic mass is 10.2. The standard InChI is InChI=1S/C7H7Cl.C7H13NO2.4H2O/c8-6-7-4-2-1-3-5-7;1-4-7(9)10-6-5-8(2)3;;;;/h1-5H,6H2;4H,1,5-6H2,2-3H3;4*1H2. The Bertz CT molecular complexity index is 348. The molecule has 0 bridgehead atoms. The quantitative estimate of drug-likeness (QED) is 0.398. The van der Waals surface area contributed by atoms with Crippen LogP contribution in [0.4, 0.5) is 0 Å². The molecule has 0 heterocycles. The maximum atomic E-state index is 10.4. The molecule has 1 aromatic rings. The summed E-state index contributed by atoms with van der Waals surface area (Å²) in [4.78, 5) is 12.4. The van der Waals surface area contributed by atoms with Gasteiger partial charge in [-0.3, -0.25) is 0 Å². The number of ether oxygens (including phenoxy) is 1. The van der Waals surface area contributed by atoms with Crippen molar-refractivity contribution >= 4 is 17.6 Å². The fourth-order valence-corrected chi connectivity index (χ4v) is 1.13. The van der Waals surface area contributed by atoms with Crippen LogP contribution in [0.25, 0.3) is 0 Å². The third-order valence-corrected chi connectivity index (χ3v) is 2.26. The molecule has 0 saturated carbocycles. The molecule has 0 fully saturated rings. The van der Waals surface area contributed by atoms with Crippen molar-refractivity contribution in [2.75, 3.05) is 27.2 Å². The molecular formula is C14H28ClNO6. The number of hydrogen-bond donors (Lipinski definition) is 0. The van der Waals surface area contributed by atoms with E-state index in [2.05, 4.69) is 6.58 Å². The van der Waals surface area contributed by atoms with Crippen molar-refractivity contribution in [3.8, 4) is 0 Å². The van der Waals surface area contributed by atoms with Crippen LogP contribution in [-0.4, -0.2) is 60.0 Å². The molecule has 132 valence electrons. The molecule has 0 atom stereocenters. The number of alkyl halides is 1. The van der Waals surface area contributed by atoms with Gasteiger partial charge in [0.2, 0.25) is 0 Å². The summed E-state index contributed by atoms with van der Waals surface area (Å²) in [7, 11) is 3.84. The lowest BCUT2D eigenvalue weighted by Gasteiger charge is -2.07. The van der Waals surface area contributed by atoms with Gasteiger partial charge in [0.15, 0.2) is 0 Å². The van der Waals surface area contributed by atoms with Crippen LogP contribution in [0.3, 0.4) is 0 Å². The predicted octanol–water partition coefficient (Wildman–Crippen LogP) is -0.596. The summed E-state index contributed by atoms with van der Waals surface area (Å²) in [6.45, 7) is 4.45. The zero-order chi connectivity index (χ0) is 13.8. The van der Waals surface area contributed by atoms with Gasteiger partial charge in [-0.25, -0.2) is 4.79 Å². The number of nitrogens with zero attached hydrogens (tertiary/aromatic N) is 1. The molecule has 0 aliphatic carbocycles. The third-order valence-electron chi connectivity index (χ3n) is 1.95. The van der Waals surface area contributed by atoms with Crippen LogP contribution in [0.1, 0.15) is 5.56 Å². The van der Waals surface area contributed by atoms with Crippen molar-refractivity contribution in [2.45, 2.75) is 5.88 Å². The Morgan fingerprint density at radius 2 is 1.68 bits per heavy atom. The first-order valence-corrected chi connectivity index (χ1v) is 6.17. The monoisotopic (exact) mass is 341 g/mol. The van der Waals surface area contributed by atoms with Gasteiger partial charge in [-0.2, -0.15) is 0 Å². The summed E-state index contributed by atoms with van der Waals surface area (Å²) in [6, 6.07) is 9.96. The van der Waals surface area contributed by atoms with Crippen molar-refractivity contribution in [3.05, 3.63) is 48.6 Å². The topological polar surface area (TPSA) is 156 Å². The maximum Gasteiger partial charge on any atom is 0.330 e. The van der Waals surface area contributed by atoms with Crippen molar-refractivity contribution in [3.63, 3.8) is 0 Å². The fraction of sp³-hybridized carbons (Fsp3) is 0.357. The van der Waals surface area contributed by atoms with Gasteiger partial charge in [-0.05, 0) is 19.7 Å². The summed E-state index contributed by atoms with van der Waals surface area (Å²) in [5.74, 6) is 0.253. The molecule has 0 unspecified atom stereocenters. The van der Waals surface area contributed by atoms with Crippen LogP contribution in [0.15, 0.2) is 43.0 Å². The molecule has 0 saturated heterocycles. The fourth-order valence-electron chi connectivity index (χ4n) is 0.955. The van der Waals surface area contributed by atoms with E-state index in [-0.39, 0.29) is 27.9 Å². The molecule has 8 heteroatoms. The number of hydrogen-bond acceptors (Lipinski definition) is 3. The highest BCUT2D eigenvalue weighted by Gasteiger charge is 1.94. The molecule has 0 aromatic heterocycles. The van der Waals surface area contributed by atoms with E-state index in [4.69, 9.17) is 16.3 Å². The molecule has 1 rings (SSSR count). The van der Waals surface area contributed by atoms with E-state index >= 15 is 0 Å². The normalized spacial score (nSPS) is 7.64. The smallest absolute Gasteiger partial charge is 0.330 e. The van der Waals surface area contributed by atoms with Gasteiger partial charge in [0.05, 0.1) is 0 Å². The number of benzene rings is 1. The minimum absolute atomic E-state index is 0. The van der Waals surface area contributed by atoms with Crippen molar-refractivity contribution in [1.82, 2.24) is 4.90 Å². The van der Waals surface area contributed by atoms with Crippen LogP contribution >= 0.6 is 11.6 Å². The first-order valence-electron chi connectivity index (χ1n) is 5.64. The van der Waals surface area contributed by atoms with Gasteiger partial charge in [-0.15, -0.1) is 11.6 Å². The van der Waals surface area contributed by atoms with Crippen molar-refractivity contribution in [2.24, 2.45) is 0 Å². The van der Waals surface area contributed by atoms with Crippen LogP contribution in [0.2, 0.25) is 0 Å². The number of carbonyl (C=O) groups is 1. The second-order valence-corrected chi connectivity index (χ2v) is 4.06. The average molecular weight is 342 g/mol. The lowest BCUT2D eigenvalue weighted by Crippen LogP contribution is -2.19. The lowest BCUT2D eigenvalue weighted by molar-refractivity contribution is -0.137. The van der Waals surface area contributed by atoms with E-state index < -0.39 is 0 Å². The summed E-state index contributed by atoms with van der Waals surface area (Å²) >= 11 is 5.53. The van der Waals surface area contributed by atoms with E-state index in [9.17, 15) is 4.79 Å².